The van der Waals surface area contributed by atoms with Gasteiger partial charge in [0, 0.05) is 12.1 Å². The molecular formula is C15H17ClFN3. The molecule has 0 bridgehead atoms. The zero-order chi connectivity index (χ0) is 14.1. The van der Waals surface area contributed by atoms with Gasteiger partial charge in [-0.05, 0) is 38.3 Å². The average molecular weight is 294 g/mol. The fourth-order valence-electron chi connectivity index (χ4n) is 2.81. The topological polar surface area (TPSA) is 29.9 Å². The molecule has 1 aromatic heterocycles. The molecule has 2 heterocycles. The maximum atomic E-state index is 14.2. The van der Waals surface area contributed by atoms with E-state index in [-0.39, 0.29) is 11.1 Å². The number of aromatic nitrogens is 2. The minimum absolute atomic E-state index is 0.132. The first-order chi connectivity index (χ1) is 9.66. The van der Waals surface area contributed by atoms with E-state index < -0.39 is 5.82 Å². The van der Waals surface area contributed by atoms with Crippen molar-refractivity contribution in [1.29, 1.82) is 0 Å². The van der Waals surface area contributed by atoms with Gasteiger partial charge in [0.15, 0.2) is 5.82 Å². The highest BCUT2D eigenvalue weighted by Gasteiger charge is 2.23. The van der Waals surface area contributed by atoms with Crippen LogP contribution in [0, 0.1) is 5.82 Å². The minimum atomic E-state index is -0.405. The largest absolute Gasteiger partial charge is 0.306 e. The van der Waals surface area contributed by atoms with Gasteiger partial charge in [-0.2, -0.15) is 0 Å². The predicted octanol–water partition coefficient (Wildman–Crippen LogP) is 3.87. The first-order valence-corrected chi connectivity index (χ1v) is 7.27. The third-order valence-corrected chi connectivity index (χ3v) is 4.12. The van der Waals surface area contributed by atoms with Crippen LogP contribution in [0.4, 0.5) is 4.39 Å². The van der Waals surface area contributed by atoms with Crippen molar-refractivity contribution >= 4 is 11.6 Å². The van der Waals surface area contributed by atoms with Crippen molar-refractivity contribution in [3.05, 3.63) is 47.3 Å². The Balaban J connectivity index is 1.99. The van der Waals surface area contributed by atoms with Crippen molar-refractivity contribution < 1.29 is 4.39 Å². The fourth-order valence-corrected chi connectivity index (χ4v) is 2.98. The van der Waals surface area contributed by atoms with E-state index in [9.17, 15) is 4.39 Å². The number of rotatable bonds is 2. The van der Waals surface area contributed by atoms with Crippen LogP contribution in [0.1, 0.15) is 37.9 Å². The van der Waals surface area contributed by atoms with Crippen LogP contribution in [0.25, 0.3) is 5.69 Å². The third kappa shape index (κ3) is 2.45. The molecule has 2 unspecified atom stereocenters. The molecule has 20 heavy (non-hydrogen) atoms. The summed E-state index contributed by atoms with van der Waals surface area (Å²) >= 11 is 5.87. The zero-order valence-corrected chi connectivity index (χ0v) is 12.1. The summed E-state index contributed by atoms with van der Waals surface area (Å²) in [4.78, 5) is 4.18. The Kier molecular flexibility index (Phi) is 3.76. The number of hydrogen-bond acceptors (Lipinski definition) is 2. The van der Waals surface area contributed by atoms with E-state index in [4.69, 9.17) is 11.6 Å². The van der Waals surface area contributed by atoms with Crippen molar-refractivity contribution in [3.8, 4) is 5.69 Å². The van der Waals surface area contributed by atoms with Crippen LogP contribution in [0.2, 0.25) is 5.02 Å². The van der Waals surface area contributed by atoms with E-state index in [1.165, 1.54) is 12.8 Å². The van der Waals surface area contributed by atoms with E-state index in [1.807, 2.05) is 0 Å². The first-order valence-electron chi connectivity index (χ1n) is 6.89. The highest BCUT2D eigenvalue weighted by molar-refractivity contribution is 6.30. The highest BCUT2D eigenvalue weighted by atomic mass is 35.5. The lowest BCUT2D eigenvalue weighted by atomic mass is 9.97. The Hall–Kier alpha value is -1.39. The van der Waals surface area contributed by atoms with Crippen LogP contribution in [0.15, 0.2) is 30.7 Å². The Bertz CT molecular complexity index is 611. The number of hydrogen-bond donors (Lipinski definition) is 1. The lowest BCUT2D eigenvalue weighted by Gasteiger charge is -2.29. The van der Waals surface area contributed by atoms with Gasteiger partial charge in [0.1, 0.15) is 0 Å². The molecule has 1 aromatic carbocycles. The SMILES string of the molecule is CC1CCCC(c2cncn2-c2cccc(Cl)c2F)N1. The first kappa shape index (κ1) is 13.6. The van der Waals surface area contributed by atoms with Crippen molar-refractivity contribution in [3.63, 3.8) is 0 Å². The second-order valence-electron chi connectivity index (χ2n) is 5.31. The van der Waals surface area contributed by atoms with Gasteiger partial charge in [0.05, 0.1) is 28.9 Å². The van der Waals surface area contributed by atoms with Crippen molar-refractivity contribution in [2.24, 2.45) is 0 Å². The Morgan fingerprint density at radius 2 is 2.25 bits per heavy atom. The fraction of sp³-hybridized carbons (Fsp3) is 0.400. The van der Waals surface area contributed by atoms with Crippen LogP contribution in [0.5, 0.6) is 0 Å². The monoisotopic (exact) mass is 293 g/mol. The molecule has 2 atom stereocenters. The summed E-state index contributed by atoms with van der Waals surface area (Å²) in [6.45, 7) is 2.17. The Morgan fingerprint density at radius 1 is 1.40 bits per heavy atom. The molecular weight excluding hydrogens is 277 g/mol. The van der Waals surface area contributed by atoms with Crippen LogP contribution in [-0.4, -0.2) is 15.6 Å². The molecule has 1 N–H and O–H groups in total. The minimum Gasteiger partial charge on any atom is -0.306 e. The number of imidazole rings is 1. The molecule has 0 amide bonds. The molecule has 0 radical (unpaired) electrons. The van der Waals surface area contributed by atoms with Crippen LogP contribution < -0.4 is 5.32 Å². The zero-order valence-electron chi connectivity index (χ0n) is 11.3. The van der Waals surface area contributed by atoms with Crippen molar-refractivity contribution in [1.82, 2.24) is 14.9 Å². The van der Waals surface area contributed by atoms with Gasteiger partial charge in [-0.15, -0.1) is 0 Å². The quantitative estimate of drug-likeness (QED) is 0.911. The van der Waals surface area contributed by atoms with Gasteiger partial charge in [0.25, 0.3) is 0 Å². The van der Waals surface area contributed by atoms with E-state index in [0.29, 0.717) is 11.7 Å². The van der Waals surface area contributed by atoms with Crippen LogP contribution in [0.3, 0.4) is 0 Å². The summed E-state index contributed by atoms with van der Waals surface area (Å²) in [5, 5.41) is 3.68. The molecule has 0 aliphatic carbocycles. The maximum Gasteiger partial charge on any atom is 0.165 e. The molecule has 0 spiro atoms. The molecule has 5 heteroatoms. The number of piperidine rings is 1. The van der Waals surface area contributed by atoms with Crippen molar-refractivity contribution in [2.45, 2.75) is 38.3 Å². The molecule has 2 aromatic rings. The van der Waals surface area contributed by atoms with Crippen LogP contribution in [-0.2, 0) is 0 Å². The standard InChI is InChI=1S/C15H17ClFN3/c1-10-4-2-6-12(19-10)14-8-18-9-20(14)13-7-3-5-11(16)15(13)17/h3,5,7-10,12,19H,2,4,6H2,1H3. The van der Waals surface area contributed by atoms with Gasteiger partial charge in [0.2, 0.25) is 0 Å². The molecule has 3 nitrogen and oxygen atoms in total. The Morgan fingerprint density at radius 3 is 3.05 bits per heavy atom. The molecule has 3 rings (SSSR count). The van der Waals surface area contributed by atoms with Gasteiger partial charge in [-0.3, -0.25) is 4.57 Å². The third-order valence-electron chi connectivity index (χ3n) is 3.83. The maximum absolute atomic E-state index is 14.2. The normalized spacial score (nSPS) is 22.9. The summed E-state index contributed by atoms with van der Waals surface area (Å²) in [6, 6.07) is 5.71. The Labute approximate surface area is 122 Å². The summed E-state index contributed by atoms with van der Waals surface area (Å²) in [6.07, 6.45) is 6.83. The molecule has 1 saturated heterocycles. The number of halogens is 2. The average Bonchev–Trinajstić information content (AvgIpc) is 2.91. The number of nitrogens with one attached hydrogen (secondary N) is 1. The highest BCUT2D eigenvalue weighted by Crippen LogP contribution is 2.29. The van der Waals surface area contributed by atoms with Gasteiger partial charge >= 0.3 is 0 Å². The second kappa shape index (κ2) is 5.54. The smallest absolute Gasteiger partial charge is 0.165 e. The van der Waals surface area contributed by atoms with E-state index in [1.54, 1.807) is 35.3 Å². The summed E-state index contributed by atoms with van der Waals surface area (Å²) in [5.74, 6) is -0.405. The predicted molar refractivity (Wildman–Crippen MR) is 77.7 cm³/mol. The lowest BCUT2D eigenvalue weighted by Crippen LogP contribution is -2.35. The molecule has 1 aliphatic heterocycles. The van der Waals surface area contributed by atoms with E-state index in [0.717, 1.165) is 12.1 Å². The van der Waals surface area contributed by atoms with Crippen LogP contribution >= 0.6 is 11.6 Å². The summed E-state index contributed by atoms with van der Waals surface area (Å²) in [5.41, 5.74) is 1.43. The van der Waals surface area contributed by atoms with Gasteiger partial charge < -0.3 is 5.32 Å². The second-order valence-corrected chi connectivity index (χ2v) is 5.72. The van der Waals surface area contributed by atoms with E-state index >= 15 is 0 Å². The van der Waals surface area contributed by atoms with Crippen molar-refractivity contribution in [2.75, 3.05) is 0 Å². The molecule has 1 fully saturated rings. The molecule has 106 valence electrons. The van der Waals surface area contributed by atoms with Gasteiger partial charge in [-0.1, -0.05) is 17.7 Å². The van der Waals surface area contributed by atoms with Gasteiger partial charge in [-0.25, -0.2) is 9.37 Å². The number of nitrogens with zero attached hydrogens (tertiary/aromatic N) is 2. The lowest BCUT2D eigenvalue weighted by molar-refractivity contribution is 0.334. The molecule has 0 saturated carbocycles. The summed E-state index contributed by atoms with van der Waals surface area (Å²) < 4.78 is 16.0. The van der Waals surface area contributed by atoms with E-state index in [2.05, 4.69) is 17.2 Å². The number of benzene rings is 1. The molecule has 1 aliphatic rings. The summed E-state index contributed by atoms with van der Waals surface area (Å²) in [7, 11) is 0.